The third kappa shape index (κ3) is 2.13. The van der Waals surface area contributed by atoms with Gasteiger partial charge >= 0.3 is 89.7 Å². The Morgan fingerprint density at radius 2 is 1.89 bits per heavy atom. The van der Waals surface area contributed by atoms with Crippen LogP contribution in [0.2, 0.25) is 0 Å². The minimum absolute atomic E-state index is 1.34. The van der Waals surface area contributed by atoms with Crippen LogP contribution in [0.25, 0.3) is 0 Å². The van der Waals surface area contributed by atoms with E-state index >= 15 is 0 Å². The molecule has 0 aliphatic heterocycles. The first-order valence-electron chi connectivity index (χ1n) is 2.93. The molecule has 0 aliphatic carbocycles. The standard InChI is InChI=1S/C8H10Xe/c1-6-3-4-8(9)7(2)5-6/h3-5,9H,1-2H3. The van der Waals surface area contributed by atoms with Crippen LogP contribution in [0.1, 0.15) is 11.1 Å². The first kappa shape index (κ1) is 7.89. The predicted octanol–water partition coefficient (Wildman–Crippen LogP) is 1.21. The van der Waals surface area contributed by atoms with Crippen LogP contribution in [-0.2, 0) is 0 Å². The molecule has 0 fully saturated rings. The van der Waals surface area contributed by atoms with E-state index < -0.39 is 0 Å². The summed E-state index contributed by atoms with van der Waals surface area (Å²) in [6, 6.07) is 6.47. The molecule has 0 N–H and O–H groups in total. The van der Waals surface area contributed by atoms with Crippen molar-refractivity contribution in [2.24, 2.45) is 0 Å². The van der Waals surface area contributed by atoms with Crippen LogP contribution in [0.3, 0.4) is 0 Å². The van der Waals surface area contributed by atoms with E-state index in [1.54, 1.807) is 0 Å². The summed E-state index contributed by atoms with van der Waals surface area (Å²) < 4.78 is 1.35. The SMILES string of the molecule is Cc1ccc([XeH])c(C)c1. The molecule has 1 aromatic carbocycles. The Bertz CT molecular complexity index is 216. The molecule has 50 valence electrons. The minimum atomic E-state index is 1.34. The summed E-state index contributed by atoms with van der Waals surface area (Å²) in [5.74, 6) is 0. The van der Waals surface area contributed by atoms with E-state index in [-0.39, 0.29) is 0 Å². The molecule has 1 aromatic rings. The zero-order chi connectivity index (χ0) is 6.85. The summed E-state index contributed by atoms with van der Waals surface area (Å²) in [7, 11) is 0. The second kappa shape index (κ2) is 3.26. The van der Waals surface area contributed by atoms with Gasteiger partial charge in [-0.2, -0.15) is 0 Å². The average Bonchev–Trinajstić information content (AvgIpc) is 1.80. The Labute approximate surface area is 88.4 Å². The van der Waals surface area contributed by atoms with Crippen molar-refractivity contribution in [1.29, 1.82) is 0 Å². The second-order valence-corrected chi connectivity index (χ2v) is 3.41. The number of hydrogen-bond acceptors (Lipinski definition) is 0. The Morgan fingerprint density at radius 1 is 1.22 bits per heavy atom. The molecule has 0 saturated carbocycles. The molecule has 1 heteroatoms. The van der Waals surface area contributed by atoms with Gasteiger partial charge in [-0.3, -0.25) is 0 Å². The normalized spacial score (nSPS) is 9.78. The fraction of sp³-hybridized carbons (Fsp3) is 0.250. The fourth-order valence-electron chi connectivity index (χ4n) is 0.795. The molecule has 0 nitrogen and oxygen atoms in total. The molecule has 9 heavy (non-hydrogen) atoms. The summed E-state index contributed by atoms with van der Waals surface area (Å²) in [6.07, 6.45) is 0. The summed E-state index contributed by atoms with van der Waals surface area (Å²) in [5.41, 5.74) is 2.71. The van der Waals surface area contributed by atoms with Gasteiger partial charge in [0.1, 0.15) is 0 Å². The summed E-state index contributed by atoms with van der Waals surface area (Å²) in [5, 5.41) is 0. The van der Waals surface area contributed by atoms with Crippen molar-refractivity contribution < 1.29 is 46.5 Å². The van der Waals surface area contributed by atoms with Gasteiger partial charge < -0.3 is 0 Å². The van der Waals surface area contributed by atoms with Gasteiger partial charge in [0.25, 0.3) is 0 Å². The van der Waals surface area contributed by atoms with Gasteiger partial charge in [-0.25, -0.2) is 0 Å². The number of hydrogen-bond donors (Lipinski definition) is 0. The molecule has 0 saturated heterocycles. The number of rotatable bonds is 0. The van der Waals surface area contributed by atoms with Crippen molar-refractivity contribution in [1.82, 2.24) is 0 Å². The van der Waals surface area contributed by atoms with Gasteiger partial charge in [0.15, 0.2) is 0 Å². The molecule has 0 aromatic heterocycles. The molecule has 0 radical (unpaired) electrons. The van der Waals surface area contributed by atoms with E-state index in [4.69, 9.17) is 0 Å². The molecule has 0 atom stereocenters. The Hall–Kier alpha value is 0.791. The van der Waals surface area contributed by atoms with Gasteiger partial charge in [-0.05, 0) is 0 Å². The summed E-state index contributed by atoms with van der Waals surface area (Å²) in [6.45, 7) is 4.25. The molecule has 0 heterocycles. The molecular weight excluding hydrogens is 227 g/mol. The van der Waals surface area contributed by atoms with Gasteiger partial charge in [0.05, 0.1) is 0 Å². The average molecular weight is 237 g/mol. The van der Waals surface area contributed by atoms with E-state index in [0.29, 0.717) is 0 Å². The van der Waals surface area contributed by atoms with Crippen molar-refractivity contribution in [2.45, 2.75) is 13.8 Å². The summed E-state index contributed by atoms with van der Waals surface area (Å²) in [4.78, 5) is 0. The van der Waals surface area contributed by atoms with E-state index in [2.05, 4.69) is 78.6 Å². The molecular formula is C8H10Xe. The fourth-order valence-corrected chi connectivity index (χ4v) is 1.13. The molecule has 0 aliphatic rings. The van der Waals surface area contributed by atoms with Gasteiger partial charge in [-0.1, -0.05) is 0 Å². The number of benzene rings is 1. The Kier molecular flexibility index (Phi) is 2.86. The molecule has 0 bridgehead atoms. The monoisotopic (exact) mass is 238 g/mol. The predicted molar refractivity (Wildman–Crippen MR) is 36.9 cm³/mol. The van der Waals surface area contributed by atoms with Crippen LogP contribution in [0.15, 0.2) is 18.2 Å². The van der Waals surface area contributed by atoms with Crippen LogP contribution >= 0.6 is 0 Å². The first-order valence-corrected chi connectivity index (χ1v) is 4.01. The molecule has 0 amide bonds. The Balaban J connectivity index is 3.17. The zero-order valence-corrected chi connectivity index (χ0v) is 7.77. The summed E-state index contributed by atoms with van der Waals surface area (Å²) >= 11 is 2.34. The van der Waals surface area contributed by atoms with E-state index in [0.717, 1.165) is 0 Å². The van der Waals surface area contributed by atoms with Crippen molar-refractivity contribution in [2.75, 3.05) is 0 Å². The topological polar surface area (TPSA) is 0 Å². The van der Waals surface area contributed by atoms with E-state index in [1.807, 2.05) is 0 Å². The maximum atomic E-state index is 2.34. The second-order valence-electron chi connectivity index (χ2n) is 2.25. The van der Waals surface area contributed by atoms with Crippen LogP contribution in [0.4, 0.5) is 0 Å². The molecule has 0 unspecified atom stereocenters. The van der Waals surface area contributed by atoms with Crippen LogP contribution in [-0.4, -0.2) is 0 Å². The maximum absolute atomic E-state index is 2.34. The van der Waals surface area contributed by atoms with Gasteiger partial charge in [0.2, 0.25) is 0 Å². The number of aryl methyl sites for hydroxylation is 2. The van der Waals surface area contributed by atoms with Crippen molar-refractivity contribution >= 4 is 0.0314 Å². The molecule has 1 rings (SSSR count). The van der Waals surface area contributed by atoms with Crippen LogP contribution in [0.5, 0.6) is 0 Å². The van der Waals surface area contributed by atoms with Crippen LogP contribution in [0, 0.1) is 60.4 Å². The van der Waals surface area contributed by atoms with E-state index in [9.17, 15) is 0 Å². The molecule has 0 spiro atoms. The first-order chi connectivity index (χ1) is 4.20. The van der Waals surface area contributed by atoms with Gasteiger partial charge in [-0.15, -0.1) is 0 Å². The van der Waals surface area contributed by atoms with Crippen molar-refractivity contribution in [3.8, 4) is 0 Å². The third-order valence-corrected chi connectivity index (χ3v) is 2.52. The van der Waals surface area contributed by atoms with Crippen LogP contribution < -0.4 is 0.0314 Å². The zero-order valence-electron chi connectivity index (χ0n) is 5.61. The third-order valence-electron chi connectivity index (χ3n) is 1.31. The van der Waals surface area contributed by atoms with Crippen molar-refractivity contribution in [3.63, 3.8) is 0 Å². The van der Waals surface area contributed by atoms with Gasteiger partial charge in [0, 0.05) is 0 Å². The van der Waals surface area contributed by atoms with Crippen molar-refractivity contribution in [3.05, 3.63) is 29.3 Å². The van der Waals surface area contributed by atoms with E-state index in [1.165, 1.54) is 11.2 Å². The quantitative estimate of drug-likeness (QED) is 0.636. The Morgan fingerprint density at radius 3 is 2.33 bits per heavy atom.